The molecular weight excluding hydrogens is 677 g/mol. The number of carboxylic acids is 2. The van der Waals surface area contributed by atoms with E-state index in [0.29, 0.717) is 64.2 Å². The molecule has 0 aromatic carbocycles. The van der Waals surface area contributed by atoms with Gasteiger partial charge in [0.15, 0.2) is 12.1 Å². The maximum absolute atomic E-state index is 13.3. The lowest BCUT2D eigenvalue weighted by molar-refractivity contribution is -0.935. The molecule has 8 nitrogen and oxygen atoms in total. The van der Waals surface area contributed by atoms with Gasteiger partial charge in [0.25, 0.3) is 0 Å². The quantitative estimate of drug-likeness (QED) is 0.149. The molecule has 5 aliphatic carbocycles. The SMILES string of the molecule is C=C(C)[C@@H]1CC[C@]2(CC(C(=O)O)[N+]3(C)CCC(O)CC3)CC[C@]3(C)[C@H](CC[C@@H]4[C@@]5(C)CCC(C(C(=O)O)[N+]6(C)CCC(O)CC6)C(C)(C)[C@@H]5CC[C@]43C)[C@@H]12. The number of aliphatic carboxylic acids is 2. The van der Waals surface area contributed by atoms with Gasteiger partial charge in [0.05, 0.1) is 52.5 Å². The molecule has 2 aliphatic heterocycles. The molecule has 54 heavy (non-hydrogen) atoms. The van der Waals surface area contributed by atoms with Crippen LogP contribution in [0.3, 0.4) is 0 Å². The zero-order valence-electron chi connectivity index (χ0n) is 35.4. The Kier molecular flexibility index (Phi) is 10.2. The van der Waals surface area contributed by atoms with E-state index in [0.717, 1.165) is 77.5 Å². The fourth-order valence-electron chi connectivity index (χ4n) is 16.9. The van der Waals surface area contributed by atoms with E-state index < -0.39 is 24.0 Å². The Bertz CT molecular complexity index is 1480. The summed E-state index contributed by atoms with van der Waals surface area (Å²) in [7, 11) is 4.30. The highest BCUT2D eigenvalue weighted by atomic mass is 16.4. The maximum atomic E-state index is 13.3. The minimum absolute atomic E-state index is 0.00783. The molecule has 2 saturated heterocycles. The van der Waals surface area contributed by atoms with Gasteiger partial charge in [0, 0.05) is 38.0 Å². The molecule has 8 heteroatoms. The topological polar surface area (TPSA) is 115 Å². The van der Waals surface area contributed by atoms with Gasteiger partial charge in [-0.25, -0.2) is 9.59 Å². The Morgan fingerprint density at radius 1 is 0.685 bits per heavy atom. The van der Waals surface area contributed by atoms with Crippen molar-refractivity contribution in [3.8, 4) is 0 Å². The van der Waals surface area contributed by atoms with E-state index in [9.17, 15) is 30.0 Å². The Hall–Kier alpha value is -1.48. The van der Waals surface area contributed by atoms with Gasteiger partial charge in [-0.05, 0) is 128 Å². The summed E-state index contributed by atoms with van der Waals surface area (Å²) in [6, 6.07) is -0.887. The number of rotatable bonds is 8. The van der Waals surface area contributed by atoms with E-state index in [1.54, 1.807) is 0 Å². The first-order valence-electron chi connectivity index (χ1n) is 22.2. The minimum atomic E-state index is -0.659. The third-order valence-corrected chi connectivity index (χ3v) is 20.2. The Morgan fingerprint density at radius 3 is 1.83 bits per heavy atom. The first kappa shape index (κ1) is 40.7. The lowest BCUT2D eigenvalue weighted by Gasteiger charge is -2.73. The number of hydrogen-bond acceptors (Lipinski definition) is 4. The fraction of sp³-hybridized carbons (Fsp3) is 0.913. The molecule has 0 bridgehead atoms. The predicted octanol–water partition coefficient (Wildman–Crippen LogP) is 7.76. The standard InChI is InChI=1S/C46H76N2O6/c1-29(2)32-12-21-46(28-35(40(51)52)47(8)24-15-30(49)16-25-47)23-22-44(6)33(38(32)46)10-11-37-43(5)19-13-34(42(3,4)36(43)14-20-45(37,44)7)39(41(53)54)48(9)26-17-31(50)18-27-48/h30-39,49-50H,1,10-28H2,2-9H3/p+2/t30?,31?,32-,33+,34?,35?,36-,37+,38+,39?,43-,44+,45+,46+,47?,48?/m0/s1. The van der Waals surface area contributed by atoms with E-state index in [2.05, 4.69) is 62.2 Å². The molecule has 0 aromatic rings. The first-order chi connectivity index (χ1) is 25.1. The Morgan fingerprint density at radius 2 is 1.28 bits per heavy atom. The second-order valence-electron chi connectivity index (χ2n) is 22.7. The molecule has 4 N–H and O–H groups in total. The van der Waals surface area contributed by atoms with Crippen LogP contribution in [0.25, 0.3) is 0 Å². The van der Waals surface area contributed by atoms with Gasteiger partial charge < -0.3 is 29.4 Å². The number of allylic oxidation sites excluding steroid dienone is 1. The summed E-state index contributed by atoms with van der Waals surface area (Å²) < 4.78 is 1.08. The molecule has 0 aromatic heterocycles. The second kappa shape index (κ2) is 13.5. The van der Waals surface area contributed by atoms with Crippen molar-refractivity contribution in [3.63, 3.8) is 0 Å². The van der Waals surface area contributed by atoms with Crippen LogP contribution in [0.15, 0.2) is 12.2 Å². The summed E-state index contributed by atoms with van der Waals surface area (Å²) in [6.45, 7) is 22.5. The summed E-state index contributed by atoms with van der Waals surface area (Å²) in [4.78, 5) is 26.5. The molecule has 7 aliphatic rings. The van der Waals surface area contributed by atoms with Gasteiger partial charge in [-0.2, -0.15) is 0 Å². The summed E-state index contributed by atoms with van der Waals surface area (Å²) in [5, 5.41) is 42.5. The molecule has 12 atom stereocenters. The largest absolute Gasteiger partial charge is 0.477 e. The molecule has 3 unspecified atom stereocenters. The number of quaternary nitrogens is 2. The number of carboxylic acid groups (broad SMARTS) is 2. The minimum Gasteiger partial charge on any atom is -0.477 e. The summed E-state index contributed by atoms with van der Waals surface area (Å²) in [6.07, 6.45) is 14.1. The Labute approximate surface area is 327 Å². The molecule has 0 spiro atoms. The Balaban J connectivity index is 1.19. The summed E-state index contributed by atoms with van der Waals surface area (Å²) >= 11 is 0. The lowest BCUT2D eigenvalue weighted by Crippen LogP contribution is -2.69. The van der Waals surface area contributed by atoms with Gasteiger partial charge in [0.2, 0.25) is 0 Å². The molecule has 0 radical (unpaired) electrons. The monoisotopic (exact) mass is 755 g/mol. The van der Waals surface area contributed by atoms with Crippen molar-refractivity contribution in [2.75, 3.05) is 40.3 Å². The molecule has 0 amide bonds. The number of likely N-dealkylation sites (tertiary alicyclic amines) is 2. The van der Waals surface area contributed by atoms with Crippen LogP contribution in [0.4, 0.5) is 0 Å². The highest BCUT2D eigenvalue weighted by molar-refractivity contribution is 5.73. The number of nitrogens with zero attached hydrogens (tertiary/aromatic N) is 2. The maximum Gasteiger partial charge on any atom is 0.362 e. The number of likely N-dealkylation sites (N-methyl/N-ethyl adjacent to an activating group) is 2. The second-order valence-corrected chi connectivity index (χ2v) is 22.7. The number of carbonyl (C=O) groups is 2. The van der Waals surface area contributed by atoms with E-state index in [-0.39, 0.29) is 45.2 Å². The van der Waals surface area contributed by atoms with Crippen LogP contribution >= 0.6 is 0 Å². The molecule has 5 saturated carbocycles. The zero-order valence-corrected chi connectivity index (χ0v) is 35.4. The third-order valence-electron chi connectivity index (χ3n) is 20.2. The van der Waals surface area contributed by atoms with E-state index in [1.165, 1.54) is 24.8 Å². The van der Waals surface area contributed by atoms with Crippen LogP contribution < -0.4 is 0 Å². The number of fused-ring (bicyclic) bond motifs is 7. The van der Waals surface area contributed by atoms with Crippen LogP contribution in [-0.4, -0.2) is 106 Å². The average Bonchev–Trinajstić information content (AvgIpc) is 3.48. The first-order valence-corrected chi connectivity index (χ1v) is 22.2. The van der Waals surface area contributed by atoms with Crippen molar-refractivity contribution in [2.45, 2.75) is 162 Å². The summed E-state index contributed by atoms with van der Waals surface area (Å²) in [5.41, 5.74) is 1.65. The van der Waals surface area contributed by atoms with Crippen LogP contribution in [0, 0.1) is 62.6 Å². The van der Waals surface area contributed by atoms with Crippen molar-refractivity contribution < 1.29 is 39.0 Å². The van der Waals surface area contributed by atoms with Gasteiger partial charge in [-0.3, -0.25) is 0 Å². The van der Waals surface area contributed by atoms with Crippen molar-refractivity contribution in [1.29, 1.82) is 0 Å². The lowest BCUT2D eigenvalue weighted by atomic mass is 9.31. The van der Waals surface area contributed by atoms with Crippen molar-refractivity contribution in [1.82, 2.24) is 0 Å². The highest BCUT2D eigenvalue weighted by Crippen LogP contribution is 2.78. The van der Waals surface area contributed by atoms with Crippen molar-refractivity contribution in [2.24, 2.45) is 62.6 Å². The summed E-state index contributed by atoms with van der Waals surface area (Å²) in [5.74, 6) is 1.27. The smallest absolute Gasteiger partial charge is 0.362 e. The average molecular weight is 755 g/mol. The molecule has 7 rings (SSSR count). The van der Waals surface area contributed by atoms with Gasteiger partial charge in [-0.15, -0.1) is 0 Å². The van der Waals surface area contributed by atoms with Gasteiger partial charge >= 0.3 is 11.9 Å². The third kappa shape index (κ3) is 5.93. The highest BCUT2D eigenvalue weighted by Gasteiger charge is 2.72. The van der Waals surface area contributed by atoms with Crippen LogP contribution in [0.1, 0.15) is 138 Å². The molecule has 7 fully saturated rings. The van der Waals surface area contributed by atoms with Crippen LogP contribution in [-0.2, 0) is 9.59 Å². The van der Waals surface area contributed by atoms with E-state index in [1.807, 2.05) is 0 Å². The molecule has 2 heterocycles. The van der Waals surface area contributed by atoms with Crippen molar-refractivity contribution in [3.05, 3.63) is 12.2 Å². The van der Waals surface area contributed by atoms with Gasteiger partial charge in [-0.1, -0.05) is 46.8 Å². The van der Waals surface area contributed by atoms with E-state index >= 15 is 0 Å². The van der Waals surface area contributed by atoms with Crippen molar-refractivity contribution >= 4 is 11.9 Å². The van der Waals surface area contributed by atoms with Gasteiger partial charge in [0.1, 0.15) is 0 Å². The number of piperidine rings is 2. The predicted molar refractivity (Wildman–Crippen MR) is 212 cm³/mol. The zero-order chi connectivity index (χ0) is 39.4. The molecule has 306 valence electrons. The number of aliphatic hydroxyl groups is 2. The number of aliphatic hydroxyl groups excluding tert-OH is 2. The van der Waals surface area contributed by atoms with E-state index in [4.69, 9.17) is 0 Å². The fourth-order valence-corrected chi connectivity index (χ4v) is 16.9. The van der Waals surface area contributed by atoms with Crippen LogP contribution in [0.5, 0.6) is 0 Å². The number of hydrogen-bond donors (Lipinski definition) is 4. The molecular formula is C46H78N2O6+2. The normalized spacial score (nSPS) is 51.1. The van der Waals surface area contributed by atoms with Crippen LogP contribution in [0.2, 0.25) is 0 Å².